The summed E-state index contributed by atoms with van der Waals surface area (Å²) in [7, 11) is 0. The van der Waals surface area contributed by atoms with Gasteiger partial charge in [-0.1, -0.05) is 0 Å². The maximum absolute atomic E-state index is 4.54. The number of hydrogen-bond acceptors (Lipinski definition) is 3. The van der Waals surface area contributed by atoms with E-state index in [0.717, 1.165) is 22.4 Å². The van der Waals surface area contributed by atoms with E-state index in [1.807, 2.05) is 23.0 Å². The summed E-state index contributed by atoms with van der Waals surface area (Å²) in [6, 6.07) is 5.10. The number of anilines is 2. The summed E-state index contributed by atoms with van der Waals surface area (Å²) in [4.78, 5) is 7.06. The van der Waals surface area contributed by atoms with Crippen molar-refractivity contribution in [2.45, 2.75) is 42.9 Å². The van der Waals surface area contributed by atoms with Crippen molar-refractivity contribution in [3.8, 4) is 0 Å². The first-order valence-electron chi connectivity index (χ1n) is 8.01. The van der Waals surface area contributed by atoms with Gasteiger partial charge in [-0.2, -0.15) is 0 Å². The van der Waals surface area contributed by atoms with E-state index in [-0.39, 0.29) is 0 Å². The Hall–Kier alpha value is -0.692. The van der Waals surface area contributed by atoms with Crippen LogP contribution in [0.4, 0.5) is 11.5 Å². The van der Waals surface area contributed by atoms with Crippen molar-refractivity contribution in [2.75, 3.05) is 23.3 Å². The zero-order chi connectivity index (χ0) is 13.5. The van der Waals surface area contributed by atoms with E-state index in [9.17, 15) is 0 Å². The number of nitrogens with zero attached hydrogens (tertiary/aromatic N) is 2. The fourth-order valence-corrected chi connectivity index (χ4v) is 5.17. The molecule has 1 aromatic heterocycles. The summed E-state index contributed by atoms with van der Waals surface area (Å²) in [6.45, 7) is 2.43. The number of nitrogens with one attached hydrogen (secondary N) is 1. The molecule has 0 radical (unpaired) electrons. The van der Waals surface area contributed by atoms with Crippen molar-refractivity contribution in [2.24, 2.45) is 11.8 Å². The summed E-state index contributed by atoms with van der Waals surface area (Å²) in [5, 5.41) is 3.71. The van der Waals surface area contributed by atoms with Crippen molar-refractivity contribution in [1.29, 1.82) is 0 Å². The first-order valence-corrected chi connectivity index (χ1v) is 9.41. The van der Waals surface area contributed by atoms with Crippen molar-refractivity contribution in [1.82, 2.24) is 4.98 Å². The Labute approximate surface area is 130 Å². The Kier molecular flexibility index (Phi) is 3.42. The van der Waals surface area contributed by atoms with Crippen molar-refractivity contribution in [3.05, 3.63) is 18.3 Å². The van der Waals surface area contributed by atoms with Crippen LogP contribution in [-0.2, 0) is 0 Å². The summed E-state index contributed by atoms with van der Waals surface area (Å²) >= 11 is 1.89. The molecule has 2 saturated carbocycles. The van der Waals surface area contributed by atoms with Crippen molar-refractivity contribution in [3.63, 3.8) is 0 Å². The van der Waals surface area contributed by atoms with E-state index in [4.69, 9.17) is 0 Å². The van der Waals surface area contributed by atoms with E-state index >= 15 is 0 Å². The standard InChI is InChI=1S/C16H24AsN3/c17-13-4-6-20(10-13)14-3-5-18-16(9-14)19-15-8-11-1-2-12(15)7-11/h3,5,9,11-13,15H,1-2,4,6-8,10,17H2,(H,18,19). The third-order valence-corrected chi connectivity index (χ3v) is 6.55. The summed E-state index contributed by atoms with van der Waals surface area (Å²) < 4.78 is 0.887. The van der Waals surface area contributed by atoms with Gasteiger partial charge in [-0.3, -0.25) is 0 Å². The second-order valence-corrected chi connectivity index (χ2v) is 8.80. The molecule has 2 aliphatic carbocycles. The molecule has 0 amide bonds. The topological polar surface area (TPSA) is 28.2 Å². The average molecular weight is 333 g/mol. The monoisotopic (exact) mass is 333 g/mol. The molecule has 3 fully saturated rings. The van der Waals surface area contributed by atoms with Crippen LogP contribution in [-0.4, -0.2) is 41.0 Å². The number of aromatic nitrogens is 1. The predicted molar refractivity (Wildman–Crippen MR) is 86.2 cm³/mol. The molecular formula is C16H24AsN3. The molecule has 2 heterocycles. The zero-order valence-corrected chi connectivity index (χ0v) is 14.4. The third kappa shape index (κ3) is 2.45. The van der Waals surface area contributed by atoms with Gasteiger partial charge < -0.3 is 0 Å². The van der Waals surface area contributed by atoms with Gasteiger partial charge in [0.2, 0.25) is 0 Å². The Morgan fingerprint density at radius 2 is 2.20 bits per heavy atom. The van der Waals surface area contributed by atoms with Gasteiger partial charge in [0.05, 0.1) is 0 Å². The van der Waals surface area contributed by atoms with Crippen LogP contribution in [0.5, 0.6) is 0 Å². The zero-order valence-electron chi connectivity index (χ0n) is 12.0. The summed E-state index contributed by atoms with van der Waals surface area (Å²) in [5.41, 5.74) is 1.35. The van der Waals surface area contributed by atoms with Crippen LogP contribution in [0, 0.1) is 11.8 Å². The van der Waals surface area contributed by atoms with Crippen LogP contribution in [0.1, 0.15) is 32.1 Å². The molecule has 4 rings (SSSR count). The first-order chi connectivity index (χ1) is 9.78. The molecule has 108 valence electrons. The molecule has 1 saturated heterocycles. The maximum atomic E-state index is 4.54. The molecule has 5 unspecified atom stereocenters. The SMILES string of the molecule is [AsH2]C1CCN(c2ccnc(NC3CC4CCC3C4)c2)C1. The molecule has 1 aromatic rings. The Bertz CT molecular complexity index is 492. The van der Waals surface area contributed by atoms with E-state index in [1.165, 1.54) is 50.9 Å². The molecule has 2 bridgehead atoms. The molecule has 3 aliphatic rings. The van der Waals surface area contributed by atoms with Gasteiger partial charge in [-0.15, -0.1) is 0 Å². The van der Waals surface area contributed by atoms with E-state index in [0.29, 0.717) is 6.04 Å². The minimum atomic E-state index is 0.678. The summed E-state index contributed by atoms with van der Waals surface area (Å²) in [6.07, 6.45) is 9.01. The first kappa shape index (κ1) is 13.0. The second kappa shape index (κ2) is 5.25. The van der Waals surface area contributed by atoms with Gasteiger partial charge in [-0.05, 0) is 0 Å². The quantitative estimate of drug-likeness (QED) is 0.861. The van der Waals surface area contributed by atoms with Gasteiger partial charge in [0.15, 0.2) is 0 Å². The molecule has 1 N–H and O–H groups in total. The van der Waals surface area contributed by atoms with Gasteiger partial charge in [0.25, 0.3) is 0 Å². The predicted octanol–water partition coefficient (Wildman–Crippen LogP) is 2.31. The molecule has 4 heteroatoms. The van der Waals surface area contributed by atoms with Gasteiger partial charge >= 0.3 is 130 Å². The van der Waals surface area contributed by atoms with Crippen LogP contribution >= 0.6 is 0 Å². The van der Waals surface area contributed by atoms with Gasteiger partial charge in [0.1, 0.15) is 0 Å². The van der Waals surface area contributed by atoms with Crippen molar-refractivity contribution < 1.29 is 0 Å². The van der Waals surface area contributed by atoms with Crippen LogP contribution in [0.15, 0.2) is 18.3 Å². The Balaban J connectivity index is 1.46. The van der Waals surface area contributed by atoms with E-state index in [1.54, 1.807) is 0 Å². The fourth-order valence-electron chi connectivity index (χ4n) is 4.33. The Morgan fingerprint density at radius 3 is 2.90 bits per heavy atom. The number of pyridine rings is 1. The summed E-state index contributed by atoms with van der Waals surface area (Å²) in [5.74, 6) is 2.98. The second-order valence-electron chi connectivity index (χ2n) is 6.82. The molecular weight excluding hydrogens is 309 g/mol. The van der Waals surface area contributed by atoms with E-state index in [2.05, 4.69) is 27.3 Å². The number of fused-ring (bicyclic) bond motifs is 2. The number of rotatable bonds is 3. The minimum absolute atomic E-state index is 0.678. The van der Waals surface area contributed by atoms with Gasteiger partial charge in [-0.25, -0.2) is 0 Å². The van der Waals surface area contributed by atoms with Gasteiger partial charge in [0, 0.05) is 0 Å². The molecule has 1 aliphatic heterocycles. The average Bonchev–Trinajstić information content (AvgIpc) is 3.15. The van der Waals surface area contributed by atoms with Crippen LogP contribution < -0.4 is 10.2 Å². The Morgan fingerprint density at radius 1 is 1.25 bits per heavy atom. The van der Waals surface area contributed by atoms with Crippen molar-refractivity contribution >= 4 is 28.4 Å². The molecule has 0 aromatic carbocycles. The fraction of sp³-hybridized carbons (Fsp3) is 0.688. The molecule has 0 spiro atoms. The van der Waals surface area contributed by atoms with E-state index < -0.39 is 0 Å². The third-order valence-electron chi connectivity index (χ3n) is 5.40. The van der Waals surface area contributed by atoms with Crippen LogP contribution in [0.2, 0.25) is 4.71 Å². The number of hydrogen-bond donors (Lipinski definition) is 1. The molecule has 5 atom stereocenters. The normalized spacial score (nSPS) is 35.8. The molecule has 20 heavy (non-hydrogen) atoms. The molecule has 3 nitrogen and oxygen atoms in total. The van der Waals surface area contributed by atoms with Crippen LogP contribution in [0.25, 0.3) is 0 Å². The van der Waals surface area contributed by atoms with Crippen LogP contribution in [0.3, 0.4) is 0 Å².